The maximum atomic E-state index is 14.0. The van der Waals surface area contributed by atoms with Crippen molar-refractivity contribution < 1.29 is 17.6 Å². The summed E-state index contributed by atoms with van der Waals surface area (Å²) in [4.78, 5) is 9.04. The summed E-state index contributed by atoms with van der Waals surface area (Å²) in [6.07, 6.45) is -1.34. The third-order valence-electron chi connectivity index (χ3n) is 5.74. The van der Waals surface area contributed by atoms with E-state index in [1.54, 1.807) is 12.1 Å². The van der Waals surface area contributed by atoms with Gasteiger partial charge in [-0.25, -0.2) is 14.4 Å². The van der Waals surface area contributed by atoms with Crippen molar-refractivity contribution in [1.29, 1.82) is 0 Å². The number of anilines is 2. The summed E-state index contributed by atoms with van der Waals surface area (Å²) in [6, 6.07) is 9.80. The number of alkyl halides is 3. The van der Waals surface area contributed by atoms with Crippen molar-refractivity contribution in [3.63, 3.8) is 0 Å². The molecule has 0 fully saturated rings. The van der Waals surface area contributed by atoms with Crippen molar-refractivity contribution in [2.24, 2.45) is 0 Å². The molecule has 33 heavy (non-hydrogen) atoms. The molecule has 0 aliphatic carbocycles. The average molecular weight is 455 g/mol. The summed E-state index contributed by atoms with van der Waals surface area (Å²) in [7, 11) is 0. The number of rotatable bonds is 3. The van der Waals surface area contributed by atoms with Gasteiger partial charge in [-0.2, -0.15) is 13.2 Å². The molecule has 5 nitrogen and oxygen atoms in total. The lowest BCUT2D eigenvalue weighted by atomic mass is 10.0. The minimum absolute atomic E-state index is 0.0119. The Kier molecular flexibility index (Phi) is 5.49. The molecule has 2 aliphatic heterocycles. The first-order valence-electron chi connectivity index (χ1n) is 10.7. The highest BCUT2D eigenvalue weighted by Crippen LogP contribution is 2.37. The van der Waals surface area contributed by atoms with E-state index in [0.717, 1.165) is 17.3 Å². The number of benzene rings is 2. The second-order valence-electron chi connectivity index (χ2n) is 7.94. The summed E-state index contributed by atoms with van der Waals surface area (Å²) < 4.78 is 55.0. The van der Waals surface area contributed by atoms with Gasteiger partial charge in [-0.3, -0.25) is 0 Å². The van der Waals surface area contributed by atoms with Crippen LogP contribution in [-0.4, -0.2) is 23.1 Å². The zero-order chi connectivity index (χ0) is 23.0. The molecule has 0 saturated heterocycles. The molecule has 0 bridgehead atoms. The average Bonchev–Trinajstić information content (AvgIpc) is 3.00. The van der Waals surface area contributed by atoms with Gasteiger partial charge in [0.15, 0.2) is 5.82 Å². The standard InChI is InChI=1S/C24H21F4N5/c25-14-7-8-19-16(12-14)20(6-3-10-30-19)31-23-17-13-29-11-9-21(17)32-22(33-23)15-4-1-2-5-18(15)24(26,27)28/h1-2,4-8,12,29-30H,3,9-11,13H2,(H,31,32,33). The number of halogens is 4. The highest BCUT2D eigenvalue weighted by atomic mass is 19.4. The zero-order valence-electron chi connectivity index (χ0n) is 17.6. The molecule has 0 atom stereocenters. The Balaban J connectivity index is 1.63. The number of fused-ring (bicyclic) bond motifs is 2. The summed E-state index contributed by atoms with van der Waals surface area (Å²) in [5, 5.41) is 9.81. The minimum Gasteiger partial charge on any atom is -0.384 e. The first-order chi connectivity index (χ1) is 15.9. The van der Waals surface area contributed by atoms with Crippen molar-refractivity contribution in [1.82, 2.24) is 15.3 Å². The zero-order valence-corrected chi connectivity index (χ0v) is 17.6. The Hall–Kier alpha value is -3.46. The highest BCUT2D eigenvalue weighted by molar-refractivity contribution is 5.84. The van der Waals surface area contributed by atoms with Crippen LogP contribution in [0.25, 0.3) is 17.1 Å². The van der Waals surface area contributed by atoms with Crippen molar-refractivity contribution in [3.05, 3.63) is 76.7 Å². The molecule has 0 saturated carbocycles. The number of hydrogen-bond acceptors (Lipinski definition) is 5. The minimum atomic E-state index is -4.53. The molecule has 5 rings (SSSR count). The van der Waals surface area contributed by atoms with Gasteiger partial charge in [0.1, 0.15) is 11.6 Å². The molecule has 0 spiro atoms. The van der Waals surface area contributed by atoms with Gasteiger partial charge in [0.05, 0.1) is 11.3 Å². The van der Waals surface area contributed by atoms with Gasteiger partial charge in [0, 0.05) is 54.1 Å². The van der Waals surface area contributed by atoms with Crippen LogP contribution in [0.4, 0.5) is 29.1 Å². The van der Waals surface area contributed by atoms with Gasteiger partial charge in [0.2, 0.25) is 0 Å². The fourth-order valence-electron chi connectivity index (χ4n) is 4.16. The fourth-order valence-corrected chi connectivity index (χ4v) is 4.16. The molecule has 2 aromatic carbocycles. The normalized spacial score (nSPS) is 15.6. The maximum absolute atomic E-state index is 14.0. The number of aromatic nitrogens is 2. The Labute approximate surface area is 188 Å². The maximum Gasteiger partial charge on any atom is 0.417 e. The fraction of sp³-hybridized carbons (Fsp3) is 0.250. The summed E-state index contributed by atoms with van der Waals surface area (Å²) in [5.74, 6) is 0.0525. The second kappa shape index (κ2) is 8.47. The van der Waals surface area contributed by atoms with E-state index in [0.29, 0.717) is 55.2 Å². The largest absolute Gasteiger partial charge is 0.417 e. The van der Waals surface area contributed by atoms with E-state index in [4.69, 9.17) is 0 Å². The SMILES string of the molecule is Fc1ccc2c(c1)C(Nc1nc(-c3ccccc3C(F)(F)F)nc3c1CNCC3)=CCCN2. The van der Waals surface area contributed by atoms with Gasteiger partial charge in [-0.15, -0.1) is 0 Å². The van der Waals surface area contributed by atoms with Crippen LogP contribution in [0.2, 0.25) is 0 Å². The van der Waals surface area contributed by atoms with Crippen molar-refractivity contribution in [2.75, 3.05) is 23.7 Å². The van der Waals surface area contributed by atoms with E-state index in [1.807, 2.05) is 6.08 Å². The van der Waals surface area contributed by atoms with Crippen LogP contribution in [0.15, 0.2) is 48.5 Å². The van der Waals surface area contributed by atoms with Gasteiger partial charge in [0.25, 0.3) is 0 Å². The van der Waals surface area contributed by atoms with Crippen LogP contribution in [0.3, 0.4) is 0 Å². The molecule has 0 radical (unpaired) electrons. The van der Waals surface area contributed by atoms with Gasteiger partial charge in [-0.05, 0) is 30.7 Å². The Morgan fingerprint density at radius 3 is 2.67 bits per heavy atom. The molecule has 0 unspecified atom stereocenters. The first-order valence-corrected chi connectivity index (χ1v) is 10.7. The molecule has 2 aliphatic rings. The lowest BCUT2D eigenvalue weighted by molar-refractivity contribution is -0.137. The second-order valence-corrected chi connectivity index (χ2v) is 7.94. The Morgan fingerprint density at radius 2 is 1.82 bits per heavy atom. The molecular formula is C24H21F4N5. The molecule has 3 N–H and O–H groups in total. The predicted molar refractivity (Wildman–Crippen MR) is 119 cm³/mol. The van der Waals surface area contributed by atoms with Crippen LogP contribution in [0.5, 0.6) is 0 Å². The molecule has 0 amide bonds. The van der Waals surface area contributed by atoms with E-state index in [2.05, 4.69) is 25.9 Å². The molecule has 3 aromatic rings. The van der Waals surface area contributed by atoms with Gasteiger partial charge in [-0.1, -0.05) is 24.3 Å². The van der Waals surface area contributed by atoms with E-state index in [9.17, 15) is 17.6 Å². The van der Waals surface area contributed by atoms with E-state index in [-0.39, 0.29) is 17.2 Å². The first kappa shape index (κ1) is 21.4. The lowest BCUT2D eigenvalue weighted by Gasteiger charge is -2.23. The van der Waals surface area contributed by atoms with Crippen molar-refractivity contribution in [3.8, 4) is 11.4 Å². The summed E-state index contributed by atoms with van der Waals surface area (Å²) >= 11 is 0. The summed E-state index contributed by atoms with van der Waals surface area (Å²) in [5.41, 5.74) is 2.70. The molecular weight excluding hydrogens is 434 g/mol. The third-order valence-corrected chi connectivity index (χ3v) is 5.74. The highest BCUT2D eigenvalue weighted by Gasteiger charge is 2.34. The van der Waals surface area contributed by atoms with Crippen molar-refractivity contribution >= 4 is 17.2 Å². The van der Waals surface area contributed by atoms with E-state index in [1.165, 1.54) is 24.3 Å². The van der Waals surface area contributed by atoms with Gasteiger partial charge >= 0.3 is 6.18 Å². The van der Waals surface area contributed by atoms with Crippen LogP contribution in [-0.2, 0) is 19.1 Å². The van der Waals surface area contributed by atoms with Crippen LogP contribution < -0.4 is 16.0 Å². The van der Waals surface area contributed by atoms with E-state index < -0.39 is 11.7 Å². The molecule has 170 valence electrons. The quantitative estimate of drug-likeness (QED) is 0.473. The Morgan fingerprint density at radius 1 is 0.970 bits per heavy atom. The topological polar surface area (TPSA) is 61.9 Å². The lowest BCUT2D eigenvalue weighted by Crippen LogP contribution is -2.26. The number of nitrogens with one attached hydrogen (secondary N) is 3. The third kappa shape index (κ3) is 4.28. The van der Waals surface area contributed by atoms with Crippen molar-refractivity contribution in [2.45, 2.75) is 25.6 Å². The molecule has 3 heterocycles. The van der Waals surface area contributed by atoms with Crippen LogP contribution in [0.1, 0.15) is 28.8 Å². The number of hydrogen-bond donors (Lipinski definition) is 3. The summed E-state index contributed by atoms with van der Waals surface area (Å²) in [6.45, 7) is 1.84. The predicted octanol–water partition coefficient (Wildman–Crippen LogP) is 5.22. The molecule has 9 heteroatoms. The van der Waals surface area contributed by atoms with E-state index >= 15 is 0 Å². The smallest absolute Gasteiger partial charge is 0.384 e. The molecule has 1 aromatic heterocycles. The van der Waals surface area contributed by atoms with Crippen LogP contribution in [0, 0.1) is 5.82 Å². The van der Waals surface area contributed by atoms with Gasteiger partial charge < -0.3 is 16.0 Å². The monoisotopic (exact) mass is 455 g/mol. The number of nitrogens with zero attached hydrogens (tertiary/aromatic N) is 2. The Bertz CT molecular complexity index is 1240. The van der Waals surface area contributed by atoms with Crippen LogP contribution >= 0.6 is 0 Å².